The van der Waals surface area contributed by atoms with Crippen LogP contribution in [0.2, 0.25) is 0 Å². The Labute approximate surface area is 192 Å². The van der Waals surface area contributed by atoms with Gasteiger partial charge in [0.1, 0.15) is 5.75 Å². The SMILES string of the molecule is COc1ccc(-c2csc(NC(=O)C3CCN(S(=O)(=O)c4ccc(C)cc4)CC3)n2)cc1. The Kier molecular flexibility index (Phi) is 6.59. The normalized spacial score (nSPS) is 15.4. The predicted octanol–water partition coefficient (Wildman–Crippen LogP) is 4.17. The number of benzene rings is 2. The fourth-order valence-electron chi connectivity index (χ4n) is 3.65. The Bertz CT molecular complexity index is 1180. The number of nitrogens with zero attached hydrogens (tertiary/aromatic N) is 2. The number of aromatic nitrogens is 1. The molecule has 0 saturated carbocycles. The van der Waals surface area contributed by atoms with Crippen LogP contribution in [-0.4, -0.2) is 43.8 Å². The highest BCUT2D eigenvalue weighted by Gasteiger charge is 2.32. The van der Waals surface area contributed by atoms with Crippen LogP contribution in [0, 0.1) is 12.8 Å². The van der Waals surface area contributed by atoms with E-state index in [0.717, 1.165) is 22.6 Å². The maximum Gasteiger partial charge on any atom is 0.243 e. The van der Waals surface area contributed by atoms with Crippen LogP contribution in [0.15, 0.2) is 58.8 Å². The summed E-state index contributed by atoms with van der Waals surface area (Å²) in [4.78, 5) is 17.5. The summed E-state index contributed by atoms with van der Waals surface area (Å²) in [5.74, 6) is 0.411. The van der Waals surface area contributed by atoms with Crippen LogP contribution < -0.4 is 10.1 Å². The van der Waals surface area contributed by atoms with E-state index in [2.05, 4.69) is 10.3 Å². The van der Waals surface area contributed by atoms with Gasteiger partial charge in [-0.15, -0.1) is 11.3 Å². The molecule has 2 heterocycles. The molecule has 4 rings (SSSR count). The minimum Gasteiger partial charge on any atom is -0.497 e. The molecule has 1 aliphatic rings. The van der Waals surface area contributed by atoms with Crippen molar-refractivity contribution in [2.75, 3.05) is 25.5 Å². The largest absolute Gasteiger partial charge is 0.497 e. The van der Waals surface area contributed by atoms with Crippen LogP contribution >= 0.6 is 11.3 Å². The maximum atomic E-state index is 12.9. The Hall–Kier alpha value is -2.75. The molecule has 0 unspecified atom stereocenters. The number of carbonyl (C=O) groups is 1. The van der Waals surface area contributed by atoms with E-state index in [9.17, 15) is 13.2 Å². The smallest absolute Gasteiger partial charge is 0.243 e. The van der Waals surface area contributed by atoms with Crippen molar-refractivity contribution < 1.29 is 17.9 Å². The van der Waals surface area contributed by atoms with Gasteiger partial charge in [0, 0.05) is 30.0 Å². The van der Waals surface area contributed by atoms with Gasteiger partial charge in [0.15, 0.2) is 5.13 Å². The first-order valence-electron chi connectivity index (χ1n) is 10.3. The van der Waals surface area contributed by atoms with E-state index < -0.39 is 10.0 Å². The van der Waals surface area contributed by atoms with Gasteiger partial charge in [-0.25, -0.2) is 13.4 Å². The van der Waals surface area contributed by atoms with Gasteiger partial charge in [0.05, 0.1) is 17.7 Å². The quantitative estimate of drug-likeness (QED) is 0.583. The average Bonchev–Trinajstić information content (AvgIpc) is 3.28. The van der Waals surface area contributed by atoms with E-state index in [4.69, 9.17) is 4.74 Å². The number of hydrogen-bond donors (Lipinski definition) is 1. The number of aryl methyl sites for hydroxylation is 1. The fraction of sp³-hybridized carbons (Fsp3) is 0.304. The molecule has 7 nitrogen and oxygen atoms in total. The Balaban J connectivity index is 1.35. The topological polar surface area (TPSA) is 88.6 Å². The zero-order valence-electron chi connectivity index (χ0n) is 17.9. The number of nitrogens with one attached hydrogen (secondary N) is 1. The summed E-state index contributed by atoms with van der Waals surface area (Å²) >= 11 is 1.37. The molecule has 0 aliphatic carbocycles. The molecule has 1 aromatic heterocycles. The molecular weight excluding hydrogens is 446 g/mol. The van der Waals surface area contributed by atoms with Gasteiger partial charge in [-0.3, -0.25) is 4.79 Å². The van der Waals surface area contributed by atoms with Gasteiger partial charge in [-0.2, -0.15) is 4.31 Å². The molecule has 0 atom stereocenters. The lowest BCUT2D eigenvalue weighted by Crippen LogP contribution is -2.41. The Morgan fingerprint density at radius 1 is 1.09 bits per heavy atom. The number of piperidine rings is 1. The first kappa shape index (κ1) is 22.4. The van der Waals surface area contributed by atoms with Gasteiger partial charge in [0.2, 0.25) is 15.9 Å². The number of rotatable bonds is 6. The van der Waals surface area contributed by atoms with Gasteiger partial charge in [0.25, 0.3) is 0 Å². The van der Waals surface area contributed by atoms with E-state index >= 15 is 0 Å². The molecule has 1 fully saturated rings. The molecule has 9 heteroatoms. The molecule has 168 valence electrons. The van der Waals surface area contributed by atoms with Crippen molar-refractivity contribution in [1.82, 2.24) is 9.29 Å². The highest BCUT2D eigenvalue weighted by Crippen LogP contribution is 2.28. The minimum absolute atomic E-state index is 0.118. The van der Waals surface area contributed by atoms with Crippen molar-refractivity contribution in [1.29, 1.82) is 0 Å². The summed E-state index contributed by atoms with van der Waals surface area (Å²) in [5, 5.41) is 5.33. The molecule has 2 aromatic carbocycles. The molecular formula is C23H25N3O4S2. The number of methoxy groups -OCH3 is 1. The van der Waals surface area contributed by atoms with Crippen molar-refractivity contribution in [3.05, 3.63) is 59.5 Å². The van der Waals surface area contributed by atoms with Crippen molar-refractivity contribution >= 4 is 32.4 Å². The van der Waals surface area contributed by atoms with E-state index in [0.29, 0.717) is 36.0 Å². The van der Waals surface area contributed by atoms with E-state index in [-0.39, 0.29) is 11.8 Å². The number of anilines is 1. The lowest BCUT2D eigenvalue weighted by Gasteiger charge is -2.30. The maximum absolute atomic E-state index is 12.9. The second-order valence-corrected chi connectivity index (χ2v) is 10.5. The summed E-state index contributed by atoms with van der Waals surface area (Å²) in [6, 6.07) is 14.4. The second-order valence-electron chi connectivity index (χ2n) is 7.75. The van der Waals surface area contributed by atoms with Gasteiger partial charge in [-0.1, -0.05) is 17.7 Å². The summed E-state index contributed by atoms with van der Waals surface area (Å²) in [6.07, 6.45) is 0.960. The van der Waals surface area contributed by atoms with Crippen molar-refractivity contribution in [2.24, 2.45) is 5.92 Å². The second kappa shape index (κ2) is 9.40. The van der Waals surface area contributed by atoms with Crippen LogP contribution in [-0.2, 0) is 14.8 Å². The zero-order chi connectivity index (χ0) is 22.7. The molecule has 3 aromatic rings. The van der Waals surface area contributed by atoms with E-state index in [1.807, 2.05) is 36.6 Å². The molecule has 0 spiro atoms. The summed E-state index contributed by atoms with van der Waals surface area (Å²) in [6.45, 7) is 2.56. The van der Waals surface area contributed by atoms with Crippen molar-refractivity contribution in [3.63, 3.8) is 0 Å². The van der Waals surface area contributed by atoms with Crippen LogP contribution in [0.4, 0.5) is 5.13 Å². The van der Waals surface area contributed by atoms with Crippen molar-refractivity contribution in [3.8, 4) is 17.0 Å². The third kappa shape index (κ3) is 4.85. The summed E-state index contributed by atoms with van der Waals surface area (Å²) in [7, 11) is -1.92. The first-order valence-corrected chi connectivity index (χ1v) is 12.7. The molecule has 1 aliphatic heterocycles. The van der Waals surface area contributed by atoms with Crippen LogP contribution in [0.1, 0.15) is 18.4 Å². The third-order valence-corrected chi connectivity index (χ3v) is 8.27. The average molecular weight is 472 g/mol. The number of ether oxygens (including phenoxy) is 1. The fourth-order valence-corrected chi connectivity index (χ4v) is 5.84. The van der Waals surface area contributed by atoms with Crippen LogP contribution in [0.25, 0.3) is 11.3 Å². The number of hydrogen-bond acceptors (Lipinski definition) is 6. The molecule has 32 heavy (non-hydrogen) atoms. The molecule has 1 amide bonds. The molecule has 1 N–H and O–H groups in total. The monoisotopic (exact) mass is 471 g/mol. The van der Waals surface area contributed by atoms with Gasteiger partial charge < -0.3 is 10.1 Å². The molecule has 1 saturated heterocycles. The Morgan fingerprint density at radius 2 is 1.75 bits per heavy atom. The number of amides is 1. The number of sulfonamides is 1. The zero-order valence-corrected chi connectivity index (χ0v) is 19.6. The third-order valence-electron chi connectivity index (χ3n) is 5.60. The number of carbonyl (C=O) groups excluding carboxylic acids is 1. The highest BCUT2D eigenvalue weighted by molar-refractivity contribution is 7.89. The number of thiazole rings is 1. The lowest BCUT2D eigenvalue weighted by molar-refractivity contribution is -0.120. The summed E-state index contributed by atoms with van der Waals surface area (Å²) in [5.41, 5.74) is 2.74. The minimum atomic E-state index is -3.54. The summed E-state index contributed by atoms with van der Waals surface area (Å²) < 4.78 is 32.3. The Morgan fingerprint density at radius 3 is 2.38 bits per heavy atom. The van der Waals surface area contributed by atoms with Gasteiger partial charge >= 0.3 is 0 Å². The van der Waals surface area contributed by atoms with Crippen LogP contribution in [0.3, 0.4) is 0 Å². The molecule has 0 bridgehead atoms. The van der Waals surface area contributed by atoms with E-state index in [1.54, 1.807) is 31.4 Å². The van der Waals surface area contributed by atoms with Crippen LogP contribution in [0.5, 0.6) is 5.75 Å². The lowest BCUT2D eigenvalue weighted by atomic mass is 9.97. The van der Waals surface area contributed by atoms with E-state index in [1.165, 1.54) is 15.6 Å². The first-order chi connectivity index (χ1) is 15.4. The predicted molar refractivity (Wildman–Crippen MR) is 125 cm³/mol. The standard InChI is InChI=1S/C23H25N3O4S2/c1-16-3-9-20(10-4-16)32(28,29)26-13-11-18(12-14-26)22(27)25-23-24-21(15-31-23)17-5-7-19(30-2)8-6-17/h3-10,15,18H,11-14H2,1-2H3,(H,24,25,27). The highest BCUT2D eigenvalue weighted by atomic mass is 32.2. The van der Waals surface area contributed by atoms with Crippen molar-refractivity contribution in [2.45, 2.75) is 24.7 Å². The molecule has 0 radical (unpaired) electrons. The van der Waals surface area contributed by atoms with Gasteiger partial charge in [-0.05, 0) is 56.2 Å².